The van der Waals surface area contributed by atoms with Gasteiger partial charge in [0, 0.05) is 0 Å². The topological polar surface area (TPSA) is 96.5 Å². The molecule has 0 amide bonds. The third kappa shape index (κ3) is 1.40. The van der Waals surface area contributed by atoms with E-state index >= 15 is 0 Å². The number of carbonyl (C=O) groups is 2. The van der Waals surface area contributed by atoms with Crippen molar-refractivity contribution in [2.75, 3.05) is 6.61 Å². The van der Waals surface area contributed by atoms with Gasteiger partial charge in [0.15, 0.2) is 5.60 Å². The maximum absolute atomic E-state index is 12.2. The standard InChI is InChI=1S/C11H16N2O4/c1-9(2,11-7(12-11)13-11)8(15)17-10(3)4-6(14)16-5-10/h7,12-13H,4-5H2,1-3H3. The van der Waals surface area contributed by atoms with Crippen LogP contribution in [0.1, 0.15) is 27.2 Å². The van der Waals surface area contributed by atoms with Gasteiger partial charge < -0.3 is 9.47 Å². The fraction of sp³-hybridized carbons (Fsp3) is 0.818. The van der Waals surface area contributed by atoms with Crippen molar-refractivity contribution < 1.29 is 19.1 Å². The van der Waals surface area contributed by atoms with Crippen molar-refractivity contribution in [1.29, 1.82) is 0 Å². The van der Waals surface area contributed by atoms with Gasteiger partial charge in [-0.25, -0.2) is 0 Å². The highest BCUT2D eigenvalue weighted by Crippen LogP contribution is 2.52. The highest BCUT2D eigenvalue weighted by Gasteiger charge is 2.79. The van der Waals surface area contributed by atoms with Gasteiger partial charge in [-0.1, -0.05) is 0 Å². The van der Waals surface area contributed by atoms with Crippen LogP contribution in [0, 0.1) is 5.41 Å². The molecule has 6 nitrogen and oxygen atoms in total. The molecule has 0 aromatic carbocycles. The maximum Gasteiger partial charge on any atom is 0.315 e. The smallest absolute Gasteiger partial charge is 0.315 e. The average Bonchev–Trinajstić information content (AvgIpc) is 3.00. The van der Waals surface area contributed by atoms with E-state index in [2.05, 4.69) is 10.6 Å². The molecular weight excluding hydrogens is 224 g/mol. The molecule has 1 unspecified atom stereocenters. The van der Waals surface area contributed by atoms with Gasteiger partial charge in [-0.2, -0.15) is 0 Å². The molecular formula is C11H16N2O4. The van der Waals surface area contributed by atoms with E-state index in [0.29, 0.717) is 0 Å². The van der Waals surface area contributed by atoms with Crippen LogP contribution in [0.2, 0.25) is 0 Å². The van der Waals surface area contributed by atoms with Gasteiger partial charge in [0.1, 0.15) is 12.3 Å². The lowest BCUT2D eigenvalue weighted by Gasteiger charge is -2.30. The number of carbonyl (C=O) groups excluding carboxylic acids is 2. The maximum atomic E-state index is 12.2. The van der Waals surface area contributed by atoms with Crippen LogP contribution < -0.4 is 10.6 Å². The molecule has 94 valence electrons. The lowest BCUT2D eigenvalue weighted by molar-refractivity contribution is -0.170. The third-order valence-corrected chi connectivity index (χ3v) is 3.90. The molecule has 3 fully saturated rings. The molecule has 17 heavy (non-hydrogen) atoms. The van der Waals surface area contributed by atoms with Gasteiger partial charge in [0.05, 0.1) is 18.0 Å². The summed E-state index contributed by atoms with van der Waals surface area (Å²) in [7, 11) is 0. The summed E-state index contributed by atoms with van der Waals surface area (Å²) in [6.45, 7) is 5.54. The van der Waals surface area contributed by atoms with E-state index in [4.69, 9.17) is 9.47 Å². The SMILES string of the molecule is CC1(OC(=O)C(C)(C)C23NC2N3)COC(=O)C1. The number of ether oxygens (including phenoxy) is 2. The van der Waals surface area contributed by atoms with Crippen LogP contribution in [0.3, 0.4) is 0 Å². The molecule has 3 heterocycles. The predicted octanol–water partition coefficient (Wildman–Crippen LogP) is -0.510. The summed E-state index contributed by atoms with van der Waals surface area (Å²) in [6, 6.07) is 0. The summed E-state index contributed by atoms with van der Waals surface area (Å²) < 4.78 is 10.3. The number of rotatable bonds is 3. The van der Waals surface area contributed by atoms with E-state index in [1.807, 2.05) is 13.8 Å². The van der Waals surface area contributed by atoms with Crippen molar-refractivity contribution in [2.24, 2.45) is 5.41 Å². The Kier molecular flexibility index (Phi) is 1.82. The third-order valence-electron chi connectivity index (χ3n) is 3.90. The van der Waals surface area contributed by atoms with E-state index in [-0.39, 0.29) is 36.8 Å². The highest BCUT2D eigenvalue weighted by atomic mass is 16.6. The number of fused-ring (bicyclic) bond motifs is 1. The molecule has 0 saturated carbocycles. The Hall–Kier alpha value is -1.14. The fourth-order valence-corrected chi connectivity index (χ4v) is 2.31. The summed E-state index contributed by atoms with van der Waals surface area (Å²) in [6.07, 6.45) is 0.367. The van der Waals surface area contributed by atoms with E-state index < -0.39 is 11.0 Å². The number of cyclic esters (lactones) is 1. The number of hydrogen-bond donors (Lipinski definition) is 2. The van der Waals surface area contributed by atoms with Gasteiger partial charge in [0.2, 0.25) is 0 Å². The van der Waals surface area contributed by atoms with E-state index in [1.54, 1.807) is 6.92 Å². The Balaban J connectivity index is 1.69. The molecule has 0 radical (unpaired) electrons. The van der Waals surface area contributed by atoms with E-state index in [0.717, 1.165) is 0 Å². The summed E-state index contributed by atoms with van der Waals surface area (Å²) in [4.78, 5) is 23.2. The zero-order valence-corrected chi connectivity index (χ0v) is 10.1. The molecule has 2 N–H and O–H groups in total. The first-order valence-electron chi connectivity index (χ1n) is 5.74. The molecule has 3 rings (SSSR count). The lowest BCUT2D eigenvalue weighted by atomic mass is 9.87. The number of hydrogen-bond acceptors (Lipinski definition) is 6. The molecule has 1 atom stereocenters. The van der Waals surface area contributed by atoms with Crippen molar-refractivity contribution in [1.82, 2.24) is 10.6 Å². The molecule has 0 bridgehead atoms. The first-order valence-corrected chi connectivity index (χ1v) is 5.74. The van der Waals surface area contributed by atoms with Crippen LogP contribution in [0.4, 0.5) is 0 Å². The Bertz CT molecular complexity index is 414. The quantitative estimate of drug-likeness (QED) is 0.509. The van der Waals surface area contributed by atoms with Crippen LogP contribution >= 0.6 is 0 Å². The molecule has 0 aliphatic carbocycles. The van der Waals surface area contributed by atoms with Gasteiger partial charge in [-0.05, 0) is 20.8 Å². The molecule has 0 aromatic heterocycles. The second-order valence-corrected chi connectivity index (χ2v) is 5.83. The molecule has 3 saturated heterocycles. The molecule has 3 aliphatic rings. The van der Waals surface area contributed by atoms with E-state index in [1.165, 1.54) is 0 Å². The first kappa shape index (κ1) is 11.0. The molecule has 6 heteroatoms. The van der Waals surface area contributed by atoms with Crippen molar-refractivity contribution in [2.45, 2.75) is 44.6 Å². The van der Waals surface area contributed by atoms with Gasteiger partial charge in [-0.15, -0.1) is 0 Å². The predicted molar refractivity (Wildman–Crippen MR) is 56.6 cm³/mol. The minimum atomic E-state index is -0.818. The van der Waals surface area contributed by atoms with Crippen molar-refractivity contribution in [3.63, 3.8) is 0 Å². The van der Waals surface area contributed by atoms with Crippen LogP contribution in [-0.4, -0.2) is 36.0 Å². The Morgan fingerprint density at radius 2 is 2.12 bits per heavy atom. The van der Waals surface area contributed by atoms with Crippen LogP contribution in [0.25, 0.3) is 0 Å². The monoisotopic (exact) mass is 240 g/mol. The van der Waals surface area contributed by atoms with Crippen molar-refractivity contribution in [3.8, 4) is 0 Å². The normalized spacial score (nSPS) is 42.8. The summed E-state index contributed by atoms with van der Waals surface area (Å²) in [5, 5.41) is 6.33. The minimum Gasteiger partial charge on any atom is -0.461 e. The van der Waals surface area contributed by atoms with Crippen molar-refractivity contribution in [3.05, 3.63) is 0 Å². The van der Waals surface area contributed by atoms with Gasteiger partial charge >= 0.3 is 11.9 Å². The lowest BCUT2D eigenvalue weighted by Crippen LogP contribution is -2.47. The molecule has 0 aromatic rings. The largest absolute Gasteiger partial charge is 0.461 e. The average molecular weight is 240 g/mol. The van der Waals surface area contributed by atoms with Crippen molar-refractivity contribution >= 4 is 11.9 Å². The summed E-state index contributed by atoms with van der Waals surface area (Å²) in [5.74, 6) is -0.624. The zero-order chi connectivity index (χ0) is 12.5. The van der Waals surface area contributed by atoms with Crippen LogP contribution in [0.5, 0.6) is 0 Å². The second kappa shape index (κ2) is 2.81. The Labute approximate surface area is 99.0 Å². The number of esters is 2. The zero-order valence-electron chi connectivity index (χ0n) is 10.1. The first-order chi connectivity index (χ1) is 7.79. The fourth-order valence-electron chi connectivity index (χ4n) is 2.31. The summed E-state index contributed by atoms with van der Waals surface area (Å²) >= 11 is 0. The van der Waals surface area contributed by atoms with Crippen LogP contribution in [-0.2, 0) is 19.1 Å². The van der Waals surface area contributed by atoms with Gasteiger partial charge in [0.25, 0.3) is 0 Å². The number of nitrogens with one attached hydrogen (secondary N) is 2. The minimum absolute atomic E-state index is 0.131. The molecule has 3 aliphatic heterocycles. The van der Waals surface area contributed by atoms with E-state index in [9.17, 15) is 9.59 Å². The highest BCUT2D eigenvalue weighted by molar-refractivity contribution is 5.82. The van der Waals surface area contributed by atoms with Crippen LogP contribution in [0.15, 0.2) is 0 Å². The summed E-state index contributed by atoms with van der Waals surface area (Å²) in [5.41, 5.74) is -1.75. The Morgan fingerprint density at radius 3 is 2.53 bits per heavy atom. The second-order valence-electron chi connectivity index (χ2n) is 5.83. The molecule has 0 spiro atoms. The van der Waals surface area contributed by atoms with Gasteiger partial charge in [-0.3, -0.25) is 20.2 Å². The Morgan fingerprint density at radius 1 is 1.53 bits per heavy atom.